The van der Waals surface area contributed by atoms with Crippen molar-refractivity contribution in [2.75, 3.05) is 11.9 Å². The predicted molar refractivity (Wildman–Crippen MR) is 101 cm³/mol. The normalized spacial score (nSPS) is 10.6. The Morgan fingerprint density at radius 1 is 1.00 bits per heavy atom. The Kier molecular flexibility index (Phi) is 6.02. The van der Waals surface area contributed by atoms with Crippen molar-refractivity contribution in [3.63, 3.8) is 0 Å². The summed E-state index contributed by atoms with van der Waals surface area (Å²) < 4.78 is 5.55. The number of carbonyl (C=O) groups excluding carboxylic acids is 1. The first kappa shape index (κ1) is 18.9. The lowest BCUT2D eigenvalue weighted by Gasteiger charge is -2.16. The van der Waals surface area contributed by atoms with Crippen molar-refractivity contribution in [1.82, 2.24) is 0 Å². The Balaban J connectivity index is 2.14. The van der Waals surface area contributed by atoms with Gasteiger partial charge >= 0.3 is 0 Å². The van der Waals surface area contributed by atoms with Crippen LogP contribution in [-0.4, -0.2) is 12.5 Å². The zero-order valence-electron chi connectivity index (χ0n) is 13.9. The molecule has 0 unspecified atom stereocenters. The smallest absolute Gasteiger partial charge is 0.262 e. The van der Waals surface area contributed by atoms with Crippen LogP contribution < -0.4 is 10.1 Å². The van der Waals surface area contributed by atoms with Crippen LogP contribution in [-0.2, 0) is 4.79 Å². The van der Waals surface area contributed by atoms with E-state index < -0.39 is 0 Å². The summed E-state index contributed by atoms with van der Waals surface area (Å²) in [6, 6.07) is 5.84. The largest absolute Gasteiger partial charge is 0.481 e. The number of hydrogen-bond acceptors (Lipinski definition) is 2. The average Bonchev–Trinajstić information content (AvgIpc) is 2.54. The van der Waals surface area contributed by atoms with E-state index in [0.717, 1.165) is 16.8 Å². The van der Waals surface area contributed by atoms with Crippen molar-refractivity contribution >= 4 is 46.4 Å². The molecule has 1 N–H and O–H groups in total. The molecule has 0 saturated carbocycles. The molecule has 0 heterocycles. The van der Waals surface area contributed by atoms with Gasteiger partial charge < -0.3 is 10.1 Å². The first-order valence-corrected chi connectivity index (χ1v) is 8.49. The number of nitrogens with one attached hydrogen (secondary N) is 1. The van der Waals surface area contributed by atoms with E-state index in [4.69, 9.17) is 39.5 Å². The van der Waals surface area contributed by atoms with E-state index in [9.17, 15) is 4.79 Å². The highest BCUT2D eigenvalue weighted by atomic mass is 35.5. The molecule has 2 aromatic carbocycles. The Labute approximate surface area is 156 Å². The molecular weight excluding hydrogens is 369 g/mol. The number of amides is 1. The molecule has 0 aliphatic rings. The molecule has 0 aliphatic heterocycles. The van der Waals surface area contributed by atoms with Crippen molar-refractivity contribution in [1.29, 1.82) is 0 Å². The van der Waals surface area contributed by atoms with Crippen LogP contribution in [0, 0.1) is 27.7 Å². The van der Waals surface area contributed by atoms with Gasteiger partial charge in [-0.3, -0.25) is 4.79 Å². The zero-order valence-corrected chi connectivity index (χ0v) is 16.2. The van der Waals surface area contributed by atoms with Gasteiger partial charge in [0.15, 0.2) is 12.4 Å². The third-order valence-corrected chi connectivity index (χ3v) is 5.21. The third-order valence-electron chi connectivity index (χ3n) is 3.73. The molecule has 0 saturated heterocycles. The highest BCUT2D eigenvalue weighted by Crippen LogP contribution is 2.42. The lowest BCUT2D eigenvalue weighted by molar-refractivity contribution is -0.118. The fourth-order valence-electron chi connectivity index (χ4n) is 2.23. The summed E-state index contributed by atoms with van der Waals surface area (Å²) >= 11 is 18.6. The van der Waals surface area contributed by atoms with Crippen molar-refractivity contribution in [3.8, 4) is 5.75 Å². The van der Waals surface area contributed by atoms with Gasteiger partial charge in [0, 0.05) is 10.7 Å². The van der Waals surface area contributed by atoms with Gasteiger partial charge in [0.1, 0.15) is 0 Å². The van der Waals surface area contributed by atoms with Crippen LogP contribution in [0.1, 0.15) is 22.3 Å². The zero-order chi connectivity index (χ0) is 18.0. The minimum atomic E-state index is -0.291. The van der Waals surface area contributed by atoms with E-state index >= 15 is 0 Å². The average molecular weight is 387 g/mol. The van der Waals surface area contributed by atoms with Gasteiger partial charge in [-0.05, 0) is 56.0 Å². The molecule has 0 radical (unpaired) electrons. The number of benzene rings is 2. The van der Waals surface area contributed by atoms with Crippen molar-refractivity contribution in [3.05, 3.63) is 55.5 Å². The summed E-state index contributed by atoms with van der Waals surface area (Å²) in [5.41, 5.74) is 4.13. The number of rotatable bonds is 4. The van der Waals surface area contributed by atoms with Crippen LogP contribution in [0.3, 0.4) is 0 Å². The predicted octanol–water partition coefficient (Wildman–Crippen LogP) is 5.90. The highest BCUT2D eigenvalue weighted by Gasteiger charge is 2.18. The molecule has 0 spiro atoms. The van der Waals surface area contributed by atoms with E-state index in [1.54, 1.807) is 13.8 Å². The summed E-state index contributed by atoms with van der Waals surface area (Å²) in [4.78, 5) is 12.2. The van der Waals surface area contributed by atoms with Crippen LogP contribution in [0.5, 0.6) is 5.75 Å². The molecule has 24 heavy (non-hydrogen) atoms. The third kappa shape index (κ3) is 3.97. The van der Waals surface area contributed by atoms with Crippen LogP contribution in [0.4, 0.5) is 5.69 Å². The maximum Gasteiger partial charge on any atom is 0.262 e. The SMILES string of the molecule is Cc1ccc(C)c(NC(=O)COc2c(Cl)c(C)c(Cl)c(C)c2Cl)c1. The number of halogens is 3. The lowest BCUT2D eigenvalue weighted by atomic mass is 10.1. The van der Waals surface area contributed by atoms with Crippen LogP contribution in [0.25, 0.3) is 0 Å². The topological polar surface area (TPSA) is 38.3 Å². The number of anilines is 1. The monoisotopic (exact) mass is 385 g/mol. The summed E-state index contributed by atoms with van der Waals surface area (Å²) in [5.74, 6) is -0.0186. The standard InChI is InChI=1S/C18H18Cl3NO2/c1-9-5-6-10(2)13(7-9)22-14(23)8-24-18-16(20)11(3)15(19)12(4)17(18)21/h5-7H,8H2,1-4H3,(H,22,23). The molecule has 0 atom stereocenters. The summed E-state index contributed by atoms with van der Waals surface area (Å²) in [6.45, 7) is 7.24. The van der Waals surface area contributed by atoms with Crippen LogP contribution >= 0.6 is 34.8 Å². The second-order valence-electron chi connectivity index (χ2n) is 5.68. The quantitative estimate of drug-likeness (QED) is 0.710. The second-order valence-corrected chi connectivity index (χ2v) is 6.81. The van der Waals surface area contributed by atoms with Gasteiger partial charge in [-0.1, -0.05) is 46.9 Å². The molecule has 128 valence electrons. The van der Waals surface area contributed by atoms with Crippen LogP contribution in [0.15, 0.2) is 18.2 Å². The van der Waals surface area contributed by atoms with Gasteiger partial charge in [-0.2, -0.15) is 0 Å². The first-order valence-electron chi connectivity index (χ1n) is 7.36. The summed E-state index contributed by atoms with van der Waals surface area (Å²) in [5, 5.41) is 3.95. The van der Waals surface area contributed by atoms with Crippen molar-refractivity contribution in [2.45, 2.75) is 27.7 Å². The Hall–Kier alpha value is -1.42. The Bertz CT molecular complexity index is 774. The molecule has 0 aliphatic carbocycles. The van der Waals surface area contributed by atoms with Gasteiger partial charge in [0.2, 0.25) is 0 Å². The minimum absolute atomic E-state index is 0.201. The molecule has 2 rings (SSSR count). The van der Waals surface area contributed by atoms with Gasteiger partial charge in [0.25, 0.3) is 5.91 Å². The molecule has 1 amide bonds. The lowest BCUT2D eigenvalue weighted by Crippen LogP contribution is -2.21. The number of aryl methyl sites for hydroxylation is 2. The summed E-state index contributed by atoms with van der Waals surface area (Å²) in [6.07, 6.45) is 0. The van der Waals surface area contributed by atoms with E-state index in [1.807, 2.05) is 32.0 Å². The van der Waals surface area contributed by atoms with Gasteiger partial charge in [-0.15, -0.1) is 0 Å². The fourth-order valence-corrected chi connectivity index (χ4v) is 3.05. The van der Waals surface area contributed by atoms with E-state index in [2.05, 4.69) is 5.32 Å². The van der Waals surface area contributed by atoms with Crippen molar-refractivity contribution in [2.24, 2.45) is 0 Å². The second kappa shape index (κ2) is 7.64. The van der Waals surface area contributed by atoms with E-state index in [-0.39, 0.29) is 18.3 Å². The Morgan fingerprint density at radius 2 is 1.58 bits per heavy atom. The molecule has 3 nitrogen and oxygen atoms in total. The number of carbonyl (C=O) groups is 1. The summed E-state index contributed by atoms with van der Waals surface area (Å²) in [7, 11) is 0. The molecule has 2 aromatic rings. The fraction of sp³-hybridized carbons (Fsp3) is 0.278. The van der Waals surface area contributed by atoms with Gasteiger partial charge in [0.05, 0.1) is 10.0 Å². The molecule has 0 bridgehead atoms. The van der Waals surface area contributed by atoms with Crippen LogP contribution in [0.2, 0.25) is 15.1 Å². The number of hydrogen-bond donors (Lipinski definition) is 1. The maximum absolute atomic E-state index is 12.2. The van der Waals surface area contributed by atoms with Gasteiger partial charge in [-0.25, -0.2) is 0 Å². The highest BCUT2D eigenvalue weighted by molar-refractivity contribution is 6.42. The molecule has 0 aromatic heterocycles. The molecule has 0 fully saturated rings. The minimum Gasteiger partial charge on any atom is -0.481 e. The first-order chi connectivity index (χ1) is 11.2. The van der Waals surface area contributed by atoms with E-state index in [0.29, 0.717) is 26.2 Å². The molecular formula is C18H18Cl3NO2. The Morgan fingerprint density at radius 3 is 2.17 bits per heavy atom. The maximum atomic E-state index is 12.2. The molecule has 6 heteroatoms. The number of ether oxygens (including phenoxy) is 1. The van der Waals surface area contributed by atoms with E-state index in [1.165, 1.54) is 0 Å². The van der Waals surface area contributed by atoms with Crippen molar-refractivity contribution < 1.29 is 9.53 Å².